The highest BCUT2D eigenvalue weighted by atomic mass is 16.6. The van der Waals surface area contributed by atoms with E-state index in [4.69, 9.17) is 14.2 Å². The molecule has 0 heterocycles. The van der Waals surface area contributed by atoms with Crippen LogP contribution in [-0.4, -0.2) is 37.2 Å². The highest BCUT2D eigenvalue weighted by Crippen LogP contribution is 2.16. The van der Waals surface area contributed by atoms with Crippen molar-refractivity contribution >= 4 is 17.9 Å². The third-order valence-corrected chi connectivity index (χ3v) is 12.2. The second-order valence-corrected chi connectivity index (χ2v) is 19.1. The van der Waals surface area contributed by atoms with E-state index in [9.17, 15) is 14.4 Å². The molecule has 6 nitrogen and oxygen atoms in total. The van der Waals surface area contributed by atoms with E-state index < -0.39 is 6.10 Å². The Bertz CT molecular complexity index is 1520. The summed E-state index contributed by atoms with van der Waals surface area (Å²) in [5, 5.41) is 0. The Kier molecular flexibility index (Phi) is 55.9. The molecule has 0 aliphatic heterocycles. The maximum atomic E-state index is 12.9. The number of carbonyl (C=O) groups excluding carboxylic acids is 3. The van der Waals surface area contributed by atoms with Gasteiger partial charge in [0.1, 0.15) is 13.2 Å². The Balaban J connectivity index is 4.53. The number of esters is 3. The van der Waals surface area contributed by atoms with Gasteiger partial charge in [-0.15, -0.1) is 0 Å². The predicted molar refractivity (Wildman–Crippen MR) is 311 cm³/mol. The van der Waals surface area contributed by atoms with E-state index in [0.29, 0.717) is 19.3 Å². The maximum absolute atomic E-state index is 12.9. The Labute approximate surface area is 443 Å². The van der Waals surface area contributed by atoms with Crippen molar-refractivity contribution < 1.29 is 28.6 Å². The van der Waals surface area contributed by atoms with Crippen LogP contribution in [0.25, 0.3) is 0 Å². The van der Waals surface area contributed by atoms with Crippen LogP contribution in [0.2, 0.25) is 0 Å². The summed E-state index contributed by atoms with van der Waals surface area (Å²) in [6.07, 6.45) is 82.0. The molecular weight excluding hydrogens is 889 g/mol. The second-order valence-electron chi connectivity index (χ2n) is 19.1. The van der Waals surface area contributed by atoms with E-state index in [-0.39, 0.29) is 37.5 Å². The van der Waals surface area contributed by atoms with Crippen LogP contribution in [0.3, 0.4) is 0 Å². The van der Waals surface area contributed by atoms with Crippen LogP contribution in [0.1, 0.15) is 258 Å². The largest absolute Gasteiger partial charge is 0.462 e. The van der Waals surface area contributed by atoms with Crippen LogP contribution in [0.15, 0.2) is 122 Å². The van der Waals surface area contributed by atoms with Crippen molar-refractivity contribution in [2.45, 2.75) is 264 Å². The molecule has 0 spiro atoms. The molecule has 0 radical (unpaired) electrons. The summed E-state index contributed by atoms with van der Waals surface area (Å²) in [6, 6.07) is 0. The Morgan fingerprint density at radius 3 is 0.903 bits per heavy atom. The molecule has 0 aromatic carbocycles. The number of hydrogen-bond acceptors (Lipinski definition) is 6. The summed E-state index contributed by atoms with van der Waals surface area (Å²) >= 11 is 0. The normalized spacial score (nSPS) is 13.0. The highest BCUT2D eigenvalue weighted by molar-refractivity contribution is 5.71. The minimum atomic E-state index is -0.817. The SMILES string of the molecule is CC/C=C\C/C=C\C/C=C\C/C=C\C/C=C\CCCCCC(=O)OCC(COC(=O)CCC/C=C\C/C=C\C/C=C\C/C=C\C/C=C\CC)OC(=O)CCCCCCCCCCCCCCCCCCCC. The van der Waals surface area contributed by atoms with E-state index in [0.717, 1.165) is 116 Å². The predicted octanol–water partition coefficient (Wildman–Crippen LogP) is 20.0. The fourth-order valence-electron chi connectivity index (χ4n) is 7.86. The van der Waals surface area contributed by atoms with Gasteiger partial charge in [0, 0.05) is 19.3 Å². The molecule has 1 atom stereocenters. The highest BCUT2D eigenvalue weighted by Gasteiger charge is 2.19. The monoisotopic (exact) mass is 997 g/mol. The first-order valence-corrected chi connectivity index (χ1v) is 29.5. The van der Waals surface area contributed by atoms with Crippen LogP contribution < -0.4 is 0 Å². The topological polar surface area (TPSA) is 78.9 Å². The van der Waals surface area contributed by atoms with E-state index >= 15 is 0 Å². The maximum Gasteiger partial charge on any atom is 0.306 e. The Morgan fingerprint density at radius 1 is 0.292 bits per heavy atom. The van der Waals surface area contributed by atoms with Gasteiger partial charge in [0.05, 0.1) is 0 Å². The number of ether oxygens (including phenoxy) is 3. The molecule has 0 amide bonds. The van der Waals surface area contributed by atoms with E-state index in [2.05, 4.69) is 142 Å². The minimum absolute atomic E-state index is 0.114. The standard InChI is InChI=1S/C66H108O6/c1-4-7-10-13-16-19-22-25-28-31-33-36-38-41-44-47-50-53-56-59-65(68)71-62-63(61-70-64(67)58-55-52-49-46-43-40-37-34-30-27-24-21-18-15-12-9-6-3)72-66(69)60-57-54-51-48-45-42-39-35-32-29-26-23-20-17-14-11-8-5-2/h7,9-10,12,16,18-19,21,25,27-28,30,33,36-37,40-41,44,46,49,63H,4-6,8,11,13-15,17,20,22-24,26,29,31-32,34-35,38-39,42-43,45,47-48,50-62H2,1-3H3/b10-7-,12-9-,19-16-,21-18-,28-25-,30-27-,36-33-,40-37-,44-41-,49-46-. The molecule has 0 aliphatic carbocycles. The molecular formula is C66H108O6. The zero-order chi connectivity index (χ0) is 52.2. The van der Waals surface area contributed by atoms with Crippen molar-refractivity contribution in [2.75, 3.05) is 13.2 Å². The lowest BCUT2D eigenvalue weighted by Crippen LogP contribution is -2.30. The number of rotatable bonds is 52. The van der Waals surface area contributed by atoms with Crippen LogP contribution in [-0.2, 0) is 28.6 Å². The average Bonchev–Trinajstić information content (AvgIpc) is 3.38. The van der Waals surface area contributed by atoms with E-state index in [1.54, 1.807) is 0 Å². The lowest BCUT2D eigenvalue weighted by molar-refractivity contribution is -0.167. The van der Waals surface area contributed by atoms with Gasteiger partial charge in [-0.1, -0.05) is 258 Å². The minimum Gasteiger partial charge on any atom is -0.462 e. The van der Waals surface area contributed by atoms with E-state index in [1.165, 1.54) is 96.3 Å². The lowest BCUT2D eigenvalue weighted by Gasteiger charge is -2.18. The summed E-state index contributed by atoms with van der Waals surface area (Å²) in [5.41, 5.74) is 0. The molecule has 0 bridgehead atoms. The molecule has 408 valence electrons. The molecule has 72 heavy (non-hydrogen) atoms. The van der Waals surface area contributed by atoms with Gasteiger partial charge in [-0.05, 0) is 103 Å². The molecule has 0 N–H and O–H groups in total. The number of hydrogen-bond donors (Lipinski definition) is 0. The fourth-order valence-corrected chi connectivity index (χ4v) is 7.86. The Hall–Kier alpha value is -4.19. The summed E-state index contributed by atoms with van der Waals surface area (Å²) in [7, 11) is 0. The lowest BCUT2D eigenvalue weighted by atomic mass is 10.0. The Morgan fingerprint density at radius 2 is 0.556 bits per heavy atom. The van der Waals surface area contributed by atoms with Crippen LogP contribution >= 0.6 is 0 Å². The zero-order valence-electron chi connectivity index (χ0n) is 46.7. The second kappa shape index (κ2) is 59.4. The van der Waals surface area contributed by atoms with Gasteiger partial charge in [0.15, 0.2) is 6.10 Å². The molecule has 0 aromatic heterocycles. The molecule has 0 saturated carbocycles. The van der Waals surface area contributed by atoms with Crippen LogP contribution in [0.4, 0.5) is 0 Å². The van der Waals surface area contributed by atoms with Gasteiger partial charge in [-0.2, -0.15) is 0 Å². The number of unbranched alkanes of at least 4 members (excludes halogenated alkanes) is 21. The van der Waals surface area contributed by atoms with Crippen molar-refractivity contribution in [1.29, 1.82) is 0 Å². The number of allylic oxidation sites excluding steroid dienone is 20. The third-order valence-electron chi connectivity index (χ3n) is 12.2. The molecule has 6 heteroatoms. The van der Waals surface area contributed by atoms with Crippen molar-refractivity contribution in [2.24, 2.45) is 0 Å². The molecule has 0 aliphatic rings. The molecule has 0 aromatic rings. The summed E-state index contributed by atoms with van der Waals surface area (Å²) in [6.45, 7) is 6.35. The fraction of sp³-hybridized carbons (Fsp3) is 0.652. The van der Waals surface area contributed by atoms with Gasteiger partial charge in [-0.3, -0.25) is 14.4 Å². The first-order valence-electron chi connectivity index (χ1n) is 29.5. The first kappa shape index (κ1) is 67.8. The summed E-state index contributed by atoms with van der Waals surface area (Å²) < 4.78 is 16.8. The van der Waals surface area contributed by atoms with Crippen molar-refractivity contribution in [3.8, 4) is 0 Å². The van der Waals surface area contributed by atoms with Gasteiger partial charge in [-0.25, -0.2) is 0 Å². The van der Waals surface area contributed by atoms with Crippen molar-refractivity contribution in [1.82, 2.24) is 0 Å². The van der Waals surface area contributed by atoms with E-state index in [1.807, 2.05) is 0 Å². The van der Waals surface area contributed by atoms with Gasteiger partial charge < -0.3 is 14.2 Å². The summed E-state index contributed by atoms with van der Waals surface area (Å²) in [4.78, 5) is 38.2. The number of carbonyl (C=O) groups is 3. The van der Waals surface area contributed by atoms with Crippen LogP contribution in [0, 0.1) is 0 Å². The van der Waals surface area contributed by atoms with Crippen molar-refractivity contribution in [3.63, 3.8) is 0 Å². The molecule has 0 fully saturated rings. The first-order chi connectivity index (χ1) is 35.5. The molecule has 0 rings (SSSR count). The zero-order valence-corrected chi connectivity index (χ0v) is 46.7. The average molecular weight is 998 g/mol. The van der Waals surface area contributed by atoms with Gasteiger partial charge in [0.25, 0.3) is 0 Å². The smallest absolute Gasteiger partial charge is 0.306 e. The third kappa shape index (κ3) is 56.7. The van der Waals surface area contributed by atoms with Crippen molar-refractivity contribution in [3.05, 3.63) is 122 Å². The van der Waals surface area contributed by atoms with Gasteiger partial charge in [0.2, 0.25) is 0 Å². The molecule has 0 saturated heterocycles. The quantitative estimate of drug-likeness (QED) is 0.0261. The molecule has 1 unspecified atom stereocenters. The van der Waals surface area contributed by atoms with Crippen LogP contribution in [0.5, 0.6) is 0 Å². The summed E-state index contributed by atoms with van der Waals surface area (Å²) in [5.74, 6) is -0.999. The van der Waals surface area contributed by atoms with Gasteiger partial charge >= 0.3 is 17.9 Å².